The smallest absolute Gasteiger partial charge is 0.294 e. The molecule has 0 saturated heterocycles. The first-order valence-corrected chi connectivity index (χ1v) is 6.79. The zero-order valence-electron chi connectivity index (χ0n) is 9.82. The van der Waals surface area contributed by atoms with E-state index in [2.05, 4.69) is 0 Å². The highest BCUT2D eigenvalue weighted by Gasteiger charge is 2.10. The number of nitrogens with zero attached hydrogens (tertiary/aromatic N) is 1. The molecule has 0 aliphatic heterocycles. The molecule has 2 aromatic rings. The third-order valence-corrected chi connectivity index (χ3v) is 3.53. The van der Waals surface area contributed by atoms with Gasteiger partial charge in [-0.1, -0.05) is 18.2 Å². The molecule has 0 saturated carbocycles. The summed E-state index contributed by atoms with van der Waals surface area (Å²) in [6.07, 6.45) is 0. The van der Waals surface area contributed by atoms with Crippen molar-refractivity contribution in [1.82, 2.24) is 0 Å². The standard InChI is InChI=1S/C13H13NO3S/c1-14(11-5-3-2-4-6-11)12-7-9-13(10-8-12)18(15,16)17/h2-10H,1H3,(H,15,16,17). The van der Waals surface area contributed by atoms with E-state index in [1.165, 1.54) is 12.1 Å². The van der Waals surface area contributed by atoms with Crippen LogP contribution in [-0.2, 0) is 10.1 Å². The predicted octanol–water partition coefficient (Wildman–Crippen LogP) is 2.70. The van der Waals surface area contributed by atoms with Gasteiger partial charge < -0.3 is 4.90 Å². The summed E-state index contributed by atoms with van der Waals surface area (Å²) in [5.41, 5.74) is 1.84. The van der Waals surface area contributed by atoms with Gasteiger partial charge in [0.1, 0.15) is 0 Å². The molecule has 2 aromatic carbocycles. The van der Waals surface area contributed by atoms with Crippen LogP contribution in [0.3, 0.4) is 0 Å². The summed E-state index contributed by atoms with van der Waals surface area (Å²) in [5, 5.41) is 0. The number of hydrogen-bond acceptors (Lipinski definition) is 3. The fraction of sp³-hybridized carbons (Fsp3) is 0.0769. The van der Waals surface area contributed by atoms with Crippen molar-refractivity contribution in [3.05, 3.63) is 54.6 Å². The third kappa shape index (κ3) is 2.69. The Morgan fingerprint density at radius 2 is 1.39 bits per heavy atom. The summed E-state index contributed by atoms with van der Waals surface area (Å²) in [4.78, 5) is 1.82. The van der Waals surface area contributed by atoms with Crippen molar-refractivity contribution < 1.29 is 13.0 Å². The minimum atomic E-state index is -4.13. The van der Waals surface area contributed by atoms with Gasteiger partial charge in [-0.2, -0.15) is 8.42 Å². The Balaban J connectivity index is 2.31. The highest BCUT2D eigenvalue weighted by molar-refractivity contribution is 7.85. The molecule has 4 nitrogen and oxygen atoms in total. The lowest BCUT2D eigenvalue weighted by Gasteiger charge is -2.19. The van der Waals surface area contributed by atoms with Gasteiger partial charge in [0.15, 0.2) is 0 Å². The van der Waals surface area contributed by atoms with Crippen molar-refractivity contribution in [2.45, 2.75) is 4.90 Å². The number of para-hydroxylation sites is 1. The minimum absolute atomic E-state index is 0.104. The van der Waals surface area contributed by atoms with Gasteiger partial charge in [0.2, 0.25) is 0 Å². The molecule has 94 valence electrons. The van der Waals surface area contributed by atoms with Gasteiger partial charge in [-0.15, -0.1) is 0 Å². The monoisotopic (exact) mass is 263 g/mol. The van der Waals surface area contributed by atoms with Gasteiger partial charge in [-0.25, -0.2) is 0 Å². The second-order valence-electron chi connectivity index (χ2n) is 3.86. The topological polar surface area (TPSA) is 57.6 Å². The van der Waals surface area contributed by atoms with E-state index < -0.39 is 10.1 Å². The molecule has 0 spiro atoms. The van der Waals surface area contributed by atoms with Gasteiger partial charge in [0.25, 0.3) is 10.1 Å². The van der Waals surface area contributed by atoms with Crippen LogP contribution in [0.25, 0.3) is 0 Å². The van der Waals surface area contributed by atoms with Crippen molar-refractivity contribution in [1.29, 1.82) is 0 Å². The highest BCUT2D eigenvalue weighted by Crippen LogP contribution is 2.24. The van der Waals surface area contributed by atoms with E-state index in [9.17, 15) is 8.42 Å². The zero-order valence-corrected chi connectivity index (χ0v) is 10.6. The van der Waals surface area contributed by atoms with Crippen LogP contribution in [0.4, 0.5) is 11.4 Å². The van der Waals surface area contributed by atoms with Gasteiger partial charge >= 0.3 is 0 Å². The molecule has 0 bridgehead atoms. The lowest BCUT2D eigenvalue weighted by Crippen LogP contribution is -2.09. The van der Waals surface area contributed by atoms with Gasteiger partial charge in [-0.05, 0) is 36.4 Å². The molecular formula is C13H13NO3S. The van der Waals surface area contributed by atoms with Crippen molar-refractivity contribution in [2.24, 2.45) is 0 Å². The van der Waals surface area contributed by atoms with E-state index in [1.807, 2.05) is 42.3 Å². The minimum Gasteiger partial charge on any atom is -0.345 e. The lowest BCUT2D eigenvalue weighted by atomic mass is 10.2. The Kier molecular flexibility index (Phi) is 3.36. The average Bonchev–Trinajstić information content (AvgIpc) is 2.38. The molecule has 18 heavy (non-hydrogen) atoms. The van der Waals surface area contributed by atoms with Gasteiger partial charge in [-0.3, -0.25) is 4.55 Å². The Bertz CT molecular complexity index is 621. The van der Waals surface area contributed by atoms with Gasteiger partial charge in [0, 0.05) is 18.4 Å². The molecule has 1 N–H and O–H groups in total. The van der Waals surface area contributed by atoms with E-state index in [-0.39, 0.29) is 4.90 Å². The highest BCUT2D eigenvalue weighted by atomic mass is 32.2. The van der Waals surface area contributed by atoms with Crippen LogP contribution in [0.2, 0.25) is 0 Å². The molecule has 2 rings (SSSR count). The van der Waals surface area contributed by atoms with Crippen LogP contribution < -0.4 is 4.90 Å². The molecular weight excluding hydrogens is 250 g/mol. The fourth-order valence-corrected chi connectivity index (χ4v) is 2.12. The quantitative estimate of drug-likeness (QED) is 0.865. The van der Waals surface area contributed by atoms with E-state index in [1.54, 1.807) is 12.1 Å². The fourth-order valence-electron chi connectivity index (χ4n) is 1.64. The number of rotatable bonds is 3. The predicted molar refractivity (Wildman–Crippen MR) is 70.8 cm³/mol. The Morgan fingerprint density at radius 3 is 1.89 bits per heavy atom. The molecule has 5 heteroatoms. The maximum atomic E-state index is 10.9. The second kappa shape index (κ2) is 4.80. The molecule has 0 unspecified atom stereocenters. The maximum absolute atomic E-state index is 10.9. The van der Waals surface area contributed by atoms with Crippen molar-refractivity contribution in [3.8, 4) is 0 Å². The first-order valence-electron chi connectivity index (χ1n) is 5.35. The summed E-state index contributed by atoms with van der Waals surface area (Å²) >= 11 is 0. The Labute approximate surface area is 106 Å². The van der Waals surface area contributed by atoms with E-state index in [0.29, 0.717) is 0 Å². The summed E-state index contributed by atoms with van der Waals surface area (Å²) in [6.45, 7) is 0. The molecule has 0 aliphatic carbocycles. The molecule has 0 aromatic heterocycles. The van der Waals surface area contributed by atoms with Crippen molar-refractivity contribution in [3.63, 3.8) is 0 Å². The average molecular weight is 263 g/mol. The molecule has 0 aliphatic rings. The zero-order chi connectivity index (χ0) is 13.2. The molecule has 0 amide bonds. The molecule has 0 heterocycles. The van der Waals surface area contributed by atoms with E-state index in [4.69, 9.17) is 4.55 Å². The van der Waals surface area contributed by atoms with Gasteiger partial charge in [0.05, 0.1) is 4.90 Å². The van der Waals surface area contributed by atoms with Crippen LogP contribution in [0, 0.1) is 0 Å². The maximum Gasteiger partial charge on any atom is 0.294 e. The summed E-state index contributed by atoms with van der Waals surface area (Å²) < 4.78 is 30.7. The molecule has 0 fully saturated rings. The van der Waals surface area contributed by atoms with Crippen LogP contribution in [0.5, 0.6) is 0 Å². The first-order chi connectivity index (χ1) is 8.48. The molecule has 0 atom stereocenters. The SMILES string of the molecule is CN(c1ccccc1)c1ccc(S(=O)(=O)O)cc1. The van der Waals surface area contributed by atoms with E-state index in [0.717, 1.165) is 11.4 Å². The number of hydrogen-bond donors (Lipinski definition) is 1. The summed E-state index contributed by atoms with van der Waals surface area (Å²) in [7, 11) is -2.24. The van der Waals surface area contributed by atoms with Crippen LogP contribution in [0.1, 0.15) is 0 Å². The third-order valence-electron chi connectivity index (χ3n) is 2.67. The van der Waals surface area contributed by atoms with E-state index >= 15 is 0 Å². The summed E-state index contributed by atoms with van der Waals surface area (Å²) in [5.74, 6) is 0. The Hall–Kier alpha value is -1.85. The summed E-state index contributed by atoms with van der Waals surface area (Å²) in [6, 6.07) is 15.8. The van der Waals surface area contributed by atoms with Crippen molar-refractivity contribution >= 4 is 21.5 Å². The number of benzene rings is 2. The van der Waals surface area contributed by atoms with Crippen LogP contribution in [-0.4, -0.2) is 20.0 Å². The largest absolute Gasteiger partial charge is 0.345 e. The lowest BCUT2D eigenvalue weighted by molar-refractivity contribution is 0.483. The molecule has 0 radical (unpaired) electrons. The first kappa shape index (κ1) is 12.6. The van der Waals surface area contributed by atoms with Crippen LogP contribution >= 0.6 is 0 Å². The van der Waals surface area contributed by atoms with Crippen LogP contribution in [0.15, 0.2) is 59.5 Å². The normalized spacial score (nSPS) is 11.2. The second-order valence-corrected chi connectivity index (χ2v) is 5.29. The Morgan fingerprint density at radius 1 is 0.889 bits per heavy atom. The van der Waals surface area contributed by atoms with Crippen molar-refractivity contribution in [2.75, 3.05) is 11.9 Å². The number of anilines is 2.